The molecule has 0 aliphatic carbocycles. The second-order valence-electron chi connectivity index (χ2n) is 7.05. The van der Waals surface area contributed by atoms with E-state index in [0.29, 0.717) is 33.9 Å². The molecule has 0 fully saturated rings. The Morgan fingerprint density at radius 1 is 1.16 bits per heavy atom. The molecular weight excluding hydrogens is 413 g/mol. The zero-order chi connectivity index (χ0) is 22.2. The number of methoxy groups -OCH3 is 1. The summed E-state index contributed by atoms with van der Waals surface area (Å²) in [4.78, 5) is 9.13. The van der Waals surface area contributed by atoms with Crippen LogP contribution in [-0.2, 0) is 0 Å². The van der Waals surface area contributed by atoms with E-state index in [0.717, 1.165) is 11.3 Å². The van der Waals surface area contributed by atoms with Gasteiger partial charge in [-0.3, -0.25) is 5.43 Å². The van der Waals surface area contributed by atoms with E-state index in [4.69, 9.17) is 4.74 Å². The maximum absolute atomic E-state index is 13.1. The van der Waals surface area contributed by atoms with Crippen LogP contribution in [-0.4, -0.2) is 29.0 Å². The van der Waals surface area contributed by atoms with E-state index in [1.807, 2.05) is 24.3 Å². The smallest absolute Gasteiger partial charge is 0.190 e. The van der Waals surface area contributed by atoms with Crippen molar-refractivity contribution in [2.45, 2.75) is 19.0 Å². The molecule has 0 aliphatic rings. The third-order valence-corrected chi connectivity index (χ3v) is 5.44. The minimum Gasteiger partial charge on any atom is -0.497 e. The van der Waals surface area contributed by atoms with E-state index < -0.39 is 0 Å². The molecule has 0 amide bonds. The summed E-state index contributed by atoms with van der Waals surface area (Å²) >= 11 is 1.52. The molecule has 8 heteroatoms. The Labute approximate surface area is 185 Å². The van der Waals surface area contributed by atoms with Gasteiger partial charge >= 0.3 is 0 Å². The Balaban J connectivity index is 1.97. The number of anilines is 1. The molecule has 0 saturated carbocycles. The van der Waals surface area contributed by atoms with Crippen molar-refractivity contribution in [3.05, 3.63) is 65.5 Å². The van der Waals surface area contributed by atoms with Crippen molar-refractivity contribution < 1.29 is 9.13 Å². The first kappa shape index (κ1) is 22.2. The van der Waals surface area contributed by atoms with Crippen LogP contribution < -0.4 is 10.2 Å². The van der Waals surface area contributed by atoms with Gasteiger partial charge in [-0.05, 0) is 47.9 Å². The monoisotopic (exact) mass is 435 g/mol. The van der Waals surface area contributed by atoms with Crippen molar-refractivity contribution in [2.24, 2.45) is 11.0 Å². The highest BCUT2D eigenvalue weighted by Gasteiger charge is 2.17. The molecular formula is C23H22FN5OS. The van der Waals surface area contributed by atoms with E-state index in [2.05, 4.69) is 40.4 Å². The number of hydrazone groups is 1. The highest BCUT2D eigenvalue weighted by Crippen LogP contribution is 2.30. The van der Waals surface area contributed by atoms with Crippen LogP contribution >= 0.6 is 11.8 Å². The molecule has 0 bridgehead atoms. The first-order valence-electron chi connectivity index (χ1n) is 9.64. The molecule has 0 spiro atoms. The molecule has 1 N–H and O–H groups in total. The molecule has 0 saturated heterocycles. The number of hydrogen-bond acceptors (Lipinski definition) is 7. The fourth-order valence-electron chi connectivity index (χ4n) is 2.61. The van der Waals surface area contributed by atoms with Gasteiger partial charge in [0.2, 0.25) is 0 Å². The van der Waals surface area contributed by atoms with Crippen molar-refractivity contribution in [1.82, 2.24) is 9.97 Å². The number of hydrogen-bond donors (Lipinski definition) is 1. The van der Waals surface area contributed by atoms with Gasteiger partial charge in [-0.25, -0.2) is 14.4 Å². The van der Waals surface area contributed by atoms with Gasteiger partial charge < -0.3 is 4.74 Å². The molecule has 2 aromatic carbocycles. The molecule has 1 heterocycles. The third kappa shape index (κ3) is 6.03. The number of halogens is 1. The first-order valence-corrected chi connectivity index (χ1v) is 10.6. The topological polar surface area (TPSA) is 83.2 Å². The van der Waals surface area contributed by atoms with Gasteiger partial charge in [-0.1, -0.05) is 37.7 Å². The summed E-state index contributed by atoms with van der Waals surface area (Å²) in [5, 5.41) is 14.6. The number of nitriles is 1. The molecule has 3 aromatic rings. The predicted molar refractivity (Wildman–Crippen MR) is 122 cm³/mol. The van der Waals surface area contributed by atoms with Crippen molar-refractivity contribution in [1.29, 1.82) is 5.26 Å². The van der Waals surface area contributed by atoms with Crippen LogP contribution in [0.25, 0.3) is 11.3 Å². The average Bonchev–Trinajstić information content (AvgIpc) is 2.78. The second kappa shape index (κ2) is 10.5. The number of nitrogens with zero attached hydrogens (tertiary/aromatic N) is 4. The normalized spacial score (nSPS) is 11.0. The van der Waals surface area contributed by atoms with Crippen LogP contribution in [0.2, 0.25) is 0 Å². The summed E-state index contributed by atoms with van der Waals surface area (Å²) in [6, 6.07) is 15.5. The molecule has 158 valence electrons. The van der Waals surface area contributed by atoms with Crippen molar-refractivity contribution in [2.75, 3.05) is 18.3 Å². The predicted octanol–water partition coefficient (Wildman–Crippen LogP) is 5.36. The van der Waals surface area contributed by atoms with Gasteiger partial charge in [0, 0.05) is 11.3 Å². The summed E-state index contributed by atoms with van der Waals surface area (Å²) in [5.74, 6) is 2.01. The molecule has 0 radical (unpaired) electrons. The van der Waals surface area contributed by atoms with Crippen molar-refractivity contribution >= 4 is 23.8 Å². The van der Waals surface area contributed by atoms with Gasteiger partial charge in [-0.2, -0.15) is 10.4 Å². The summed E-state index contributed by atoms with van der Waals surface area (Å²) in [6.07, 6.45) is 1.54. The molecule has 0 unspecified atom stereocenters. The van der Waals surface area contributed by atoms with Crippen LogP contribution in [0.3, 0.4) is 0 Å². The van der Waals surface area contributed by atoms with E-state index in [1.54, 1.807) is 19.2 Å². The lowest BCUT2D eigenvalue weighted by atomic mass is 10.1. The lowest BCUT2D eigenvalue weighted by Crippen LogP contribution is -2.04. The Morgan fingerprint density at radius 3 is 2.48 bits per heavy atom. The average molecular weight is 436 g/mol. The maximum atomic E-state index is 13.1. The molecule has 1 aromatic heterocycles. The molecule has 0 aliphatic heterocycles. The Bertz CT molecular complexity index is 1090. The maximum Gasteiger partial charge on any atom is 0.190 e. The molecule has 6 nitrogen and oxygen atoms in total. The lowest BCUT2D eigenvalue weighted by molar-refractivity contribution is 0.415. The van der Waals surface area contributed by atoms with Crippen molar-refractivity contribution in [3.63, 3.8) is 0 Å². The molecule has 31 heavy (non-hydrogen) atoms. The number of benzene rings is 2. The van der Waals surface area contributed by atoms with E-state index >= 15 is 0 Å². The summed E-state index contributed by atoms with van der Waals surface area (Å²) in [5.41, 5.74) is 5.15. The van der Waals surface area contributed by atoms with Crippen LogP contribution in [0.4, 0.5) is 10.2 Å². The van der Waals surface area contributed by atoms with Crippen LogP contribution in [0, 0.1) is 23.1 Å². The van der Waals surface area contributed by atoms with Crippen LogP contribution in [0.15, 0.2) is 58.8 Å². The van der Waals surface area contributed by atoms with Gasteiger partial charge in [0.15, 0.2) is 11.0 Å². The third-order valence-electron chi connectivity index (χ3n) is 4.16. The summed E-state index contributed by atoms with van der Waals surface area (Å²) < 4.78 is 18.3. The second-order valence-corrected chi connectivity index (χ2v) is 8.03. The Hall–Kier alpha value is -3.44. The number of aromatic nitrogens is 2. The van der Waals surface area contributed by atoms with Gasteiger partial charge in [0.05, 0.1) is 19.0 Å². The number of rotatable bonds is 8. The van der Waals surface area contributed by atoms with E-state index in [-0.39, 0.29) is 11.4 Å². The highest BCUT2D eigenvalue weighted by molar-refractivity contribution is 7.99. The minimum atomic E-state index is -0.316. The van der Waals surface area contributed by atoms with Crippen LogP contribution in [0.5, 0.6) is 5.75 Å². The molecule has 3 rings (SSSR count). The first-order chi connectivity index (χ1) is 15.0. The summed E-state index contributed by atoms with van der Waals surface area (Å²) in [6.45, 7) is 4.24. The van der Waals surface area contributed by atoms with Gasteiger partial charge in [0.1, 0.15) is 23.2 Å². The SMILES string of the molecule is COc1ccc(-c2nc(SCC(C)C)nc(N/N=C\c3ccc(F)cc3)c2C#N)cc1. The standard InChI is InChI=1S/C23H22FN5OS/c1-15(2)14-31-23-27-21(17-6-10-19(30-3)11-7-17)20(12-25)22(28-23)29-26-13-16-4-8-18(24)9-5-16/h4-11,13,15H,14H2,1-3H3,(H,27,28,29)/b26-13-. The molecule has 0 atom stereocenters. The fraction of sp³-hybridized carbons (Fsp3) is 0.217. The zero-order valence-corrected chi connectivity index (χ0v) is 18.3. The minimum absolute atomic E-state index is 0.287. The van der Waals surface area contributed by atoms with Crippen LogP contribution in [0.1, 0.15) is 25.0 Å². The van der Waals surface area contributed by atoms with Gasteiger partial charge in [0.25, 0.3) is 0 Å². The highest BCUT2D eigenvalue weighted by atomic mass is 32.2. The fourth-order valence-corrected chi connectivity index (χ4v) is 3.40. The Kier molecular flexibility index (Phi) is 7.57. The Morgan fingerprint density at radius 2 is 1.87 bits per heavy atom. The van der Waals surface area contributed by atoms with Crippen molar-refractivity contribution in [3.8, 4) is 23.1 Å². The van der Waals surface area contributed by atoms with E-state index in [9.17, 15) is 9.65 Å². The number of nitrogens with one attached hydrogen (secondary N) is 1. The largest absolute Gasteiger partial charge is 0.497 e. The quantitative estimate of drug-likeness (QED) is 0.222. The number of thioether (sulfide) groups is 1. The van der Waals surface area contributed by atoms with Gasteiger partial charge in [-0.15, -0.1) is 0 Å². The summed E-state index contributed by atoms with van der Waals surface area (Å²) in [7, 11) is 1.60. The van der Waals surface area contributed by atoms with E-state index in [1.165, 1.54) is 30.1 Å². The lowest BCUT2D eigenvalue weighted by Gasteiger charge is -2.12. The zero-order valence-electron chi connectivity index (χ0n) is 17.5. The number of ether oxygens (including phenoxy) is 1.